The second kappa shape index (κ2) is 53.6. The van der Waals surface area contributed by atoms with Crippen molar-refractivity contribution < 1.29 is 70.6 Å². The standard InChI is InChI=1S/C21H16O4.C20H16O3.C16H22O.C15H18O4.C15H12O4.C14H12O3.C11H14O2.C11H14O/c1-13-11-18(22)21(25)19(23)12-17(13)20(24)16-9-7-15(8-10-16)14-5-3-2-4-6-14;1-13-11-18(21)20(23)19(22)12-17(13)16-9-7-15(8-10-16)14-5-3-2-4-6-14;1-11(2)6-7-14-8-9-16(17)13(5)10-15(14)12(3)4;2*1-9-7-12(16)15(19)13(17)8-11(9)14(18)10-5-3-2-4-6-10;1-9-7-12(15)14(17)13(16)8-11(9)10-5-3-2-4-6-10;1-7(2)9-4-5-10(12)11(13)8(3)6-9;1-8(2)10-5-4-9(3)11(12)7-6-10/h2-12H,1H3,(H2,22,23,25);2-12H,1H3,(H2,21,22,23);6,8-10,12H,7H2,1-5H3;7-8,10H,2-6H2,1H3,(H2,16,17,19);2-8H,1H3,(H2,16,17,19);2-8H,1H3,(H2,15,16,17);4-7H,1-3H3,(H,12,13);4-8H,1-3H3. The van der Waals surface area contributed by atoms with Gasteiger partial charge < -0.3 is 56.2 Å². The van der Waals surface area contributed by atoms with Crippen molar-refractivity contribution in [3.05, 3.63) is 479 Å². The van der Waals surface area contributed by atoms with Gasteiger partial charge in [-0.15, -0.1) is 0 Å². The largest absolute Gasteiger partial charge is 0.504 e. The minimum atomic E-state index is -0.762. The van der Waals surface area contributed by atoms with Crippen molar-refractivity contribution in [1.82, 2.24) is 0 Å². The summed E-state index contributed by atoms with van der Waals surface area (Å²) in [5, 5.41) is 105. The summed E-state index contributed by atoms with van der Waals surface area (Å²) in [6.07, 6.45) is 8.06. The molecule has 145 heavy (non-hydrogen) atoms. The van der Waals surface area contributed by atoms with Gasteiger partial charge in [-0.2, -0.15) is 0 Å². The van der Waals surface area contributed by atoms with Crippen LogP contribution in [0.2, 0.25) is 0 Å². The number of ketones is 3. The number of hydrogen-bond donors (Lipinski definition) is 11. The Balaban J connectivity index is 0.000000204. The first-order chi connectivity index (χ1) is 68.7. The summed E-state index contributed by atoms with van der Waals surface area (Å²) in [7, 11) is 0. The molecule has 11 N–H and O–H groups in total. The smallest absolute Gasteiger partial charge is 0.224 e. The lowest BCUT2D eigenvalue weighted by molar-refractivity contribution is 0.0887. The topological polar surface area (TPSA) is 410 Å². The zero-order valence-corrected chi connectivity index (χ0v) is 84.3. The van der Waals surface area contributed by atoms with Gasteiger partial charge in [0.25, 0.3) is 0 Å². The van der Waals surface area contributed by atoms with Gasteiger partial charge in [0.05, 0.1) is 0 Å². The van der Waals surface area contributed by atoms with Crippen LogP contribution in [0.25, 0.3) is 44.5 Å². The lowest BCUT2D eigenvalue weighted by Crippen LogP contribution is -2.18. The molecule has 1 saturated carbocycles. The Labute approximate surface area is 842 Å². The van der Waals surface area contributed by atoms with E-state index in [-0.39, 0.29) is 56.4 Å². The summed E-state index contributed by atoms with van der Waals surface area (Å²) in [6, 6.07) is 83.2. The summed E-state index contributed by atoms with van der Waals surface area (Å²) in [4.78, 5) is 129. The van der Waals surface area contributed by atoms with Crippen LogP contribution in [0.4, 0.5) is 0 Å². The van der Waals surface area contributed by atoms with Crippen LogP contribution < -0.4 is 43.4 Å². The SMILES string of the molecule is CC(C)=CCc1ccc(=O)c(C)cc1C(C)C.Cc1cc(=O)c(O)c(O)cc1-c1ccc(-c2ccccc2)cc1.Cc1cc(=O)c(O)c(O)cc1-c1ccccc1.Cc1cc(=O)c(O)c(O)cc1C(=O)C1CCCCC1.Cc1cc(=O)c(O)c(O)cc1C(=O)c1ccc(-c2ccccc2)cc1.Cc1cc(=O)c(O)c(O)cc1C(=O)c1ccccc1.Cc1cc(C(C)C)ccc(=O)c1O.Cc1ccc(C(C)C)ccc1=O. The fourth-order valence-electron chi connectivity index (χ4n) is 15.4. The number of hydrogen-bond acceptors (Lipinski definition) is 22. The maximum absolute atomic E-state index is 12.7. The Hall–Kier alpha value is -17.0. The number of aryl methyl sites for hydroxylation is 8. The summed E-state index contributed by atoms with van der Waals surface area (Å²) < 4.78 is 0. The van der Waals surface area contributed by atoms with Crippen molar-refractivity contribution in [2.75, 3.05) is 0 Å². The average Bonchev–Trinajstić information content (AvgIpc) is 1.75. The molecule has 22 heteroatoms. The first-order valence-corrected chi connectivity index (χ1v) is 47.3. The molecule has 0 unspecified atom stereocenters. The molecule has 0 amide bonds. The third-order valence-electron chi connectivity index (χ3n) is 24.1. The predicted molar refractivity (Wildman–Crippen MR) is 576 cm³/mol. The van der Waals surface area contributed by atoms with Gasteiger partial charge in [-0.1, -0.05) is 285 Å². The molecule has 22 nitrogen and oxygen atoms in total. The third kappa shape index (κ3) is 32.3. The summed E-state index contributed by atoms with van der Waals surface area (Å²) >= 11 is 0. The molecule has 1 aliphatic rings. The van der Waals surface area contributed by atoms with E-state index in [1.54, 1.807) is 102 Å². The van der Waals surface area contributed by atoms with Crippen molar-refractivity contribution in [1.29, 1.82) is 0 Å². The second-order valence-corrected chi connectivity index (χ2v) is 36.4. The summed E-state index contributed by atoms with van der Waals surface area (Å²) in [6.45, 7) is 30.7. The number of benzene rings is 6. The molecular weight excluding hydrogens is 1830 g/mol. The van der Waals surface area contributed by atoms with Crippen molar-refractivity contribution in [2.24, 2.45) is 5.92 Å². The molecule has 0 bridgehead atoms. The number of rotatable bonds is 15. The first-order valence-electron chi connectivity index (χ1n) is 47.3. The number of allylic oxidation sites excluding steroid dienone is 2. The molecule has 0 saturated heterocycles. The van der Waals surface area contributed by atoms with Gasteiger partial charge in [0.15, 0.2) is 62.7 Å². The second-order valence-electron chi connectivity index (χ2n) is 36.4. The zero-order chi connectivity index (χ0) is 107. The van der Waals surface area contributed by atoms with E-state index in [0.29, 0.717) is 73.4 Å². The van der Waals surface area contributed by atoms with E-state index in [4.69, 9.17) is 0 Å². The van der Waals surface area contributed by atoms with Crippen LogP contribution in [-0.2, 0) is 6.42 Å². The monoisotopic (exact) mass is 1950 g/mol. The summed E-state index contributed by atoms with van der Waals surface area (Å²) in [5.74, 6) is -5.59. The van der Waals surface area contributed by atoms with Crippen LogP contribution in [0, 0.1) is 61.3 Å². The maximum Gasteiger partial charge on any atom is 0.224 e. The number of Topliss-reactive ketones (excluding diaryl/α,β-unsaturated/α-hetero) is 1. The van der Waals surface area contributed by atoms with Crippen molar-refractivity contribution in [2.45, 2.75) is 167 Å². The third-order valence-corrected chi connectivity index (χ3v) is 24.1. The first kappa shape index (κ1) is 113. The Kier molecular flexibility index (Phi) is 41.8. The van der Waals surface area contributed by atoms with E-state index in [2.05, 4.69) is 61.5 Å². The van der Waals surface area contributed by atoms with E-state index >= 15 is 0 Å². The maximum atomic E-state index is 12.7. The fourth-order valence-corrected chi connectivity index (χ4v) is 15.4. The van der Waals surface area contributed by atoms with Gasteiger partial charge in [-0.3, -0.25) is 52.7 Å². The number of carbonyl (C=O) groups excluding carboxylic acids is 3. The van der Waals surface area contributed by atoms with Crippen molar-refractivity contribution in [3.8, 4) is 108 Å². The van der Waals surface area contributed by atoms with Gasteiger partial charge in [-0.05, 0) is 296 Å². The molecule has 0 atom stereocenters. The van der Waals surface area contributed by atoms with E-state index in [0.717, 1.165) is 118 Å². The van der Waals surface area contributed by atoms with Gasteiger partial charge in [0.2, 0.25) is 61.3 Å². The quantitative estimate of drug-likeness (QED) is 0.0335. The normalized spacial score (nSPS) is 11.1. The molecule has 748 valence electrons. The number of aromatic hydroxyl groups is 11. The minimum Gasteiger partial charge on any atom is -0.504 e. The Morgan fingerprint density at radius 3 is 1.01 bits per heavy atom. The summed E-state index contributed by atoms with van der Waals surface area (Å²) in [5.41, 5.74) is 16.7. The molecule has 14 aromatic carbocycles. The van der Waals surface area contributed by atoms with Crippen LogP contribution in [0.3, 0.4) is 0 Å². The van der Waals surface area contributed by atoms with Crippen LogP contribution in [0.5, 0.6) is 63.2 Å². The van der Waals surface area contributed by atoms with Crippen LogP contribution in [-0.4, -0.2) is 73.5 Å². The van der Waals surface area contributed by atoms with Gasteiger partial charge in [-0.25, -0.2) is 0 Å². The predicted octanol–water partition coefficient (Wildman–Crippen LogP) is 23.4. The molecular formula is C123H124O22. The molecule has 14 aromatic rings. The van der Waals surface area contributed by atoms with Crippen LogP contribution in [0.1, 0.15) is 214 Å². The highest BCUT2D eigenvalue weighted by molar-refractivity contribution is 6.11. The van der Waals surface area contributed by atoms with Gasteiger partial charge in [0.1, 0.15) is 0 Å². The molecule has 0 heterocycles. The fraction of sp³-hybridized carbons (Fsp3) is 0.211. The Bertz CT molecular complexity index is 7550. The van der Waals surface area contributed by atoms with E-state index in [1.807, 2.05) is 178 Å². The average molecular weight is 1950 g/mol. The Morgan fingerprint density at radius 2 is 0.600 bits per heavy atom. The molecule has 0 radical (unpaired) electrons. The highest BCUT2D eigenvalue weighted by Gasteiger charge is 2.26. The molecule has 1 aliphatic carbocycles. The van der Waals surface area contributed by atoms with Crippen LogP contribution >= 0.6 is 0 Å². The minimum absolute atomic E-state index is 0.0357. The lowest BCUT2D eigenvalue weighted by atomic mass is 9.83. The molecule has 0 aromatic heterocycles. The molecule has 1 fully saturated rings. The van der Waals surface area contributed by atoms with Gasteiger partial charge >= 0.3 is 0 Å². The van der Waals surface area contributed by atoms with E-state index in [9.17, 15) is 109 Å². The van der Waals surface area contributed by atoms with Crippen molar-refractivity contribution >= 4 is 17.3 Å². The number of carbonyl (C=O) groups is 3. The molecule has 0 spiro atoms. The highest BCUT2D eigenvalue weighted by Crippen LogP contribution is 2.36. The lowest BCUT2D eigenvalue weighted by Gasteiger charge is -2.20. The van der Waals surface area contributed by atoms with E-state index in [1.165, 1.54) is 64.7 Å². The van der Waals surface area contributed by atoms with E-state index < -0.39 is 84.6 Å². The zero-order valence-electron chi connectivity index (χ0n) is 84.3. The van der Waals surface area contributed by atoms with Gasteiger partial charge in [0, 0.05) is 33.7 Å². The van der Waals surface area contributed by atoms with Crippen LogP contribution in [0.15, 0.2) is 341 Å². The van der Waals surface area contributed by atoms with Crippen molar-refractivity contribution in [3.63, 3.8) is 0 Å². The molecule has 15 rings (SSSR count). The highest BCUT2D eigenvalue weighted by atomic mass is 16.3. The Morgan fingerprint density at radius 1 is 0.276 bits per heavy atom. The molecule has 0 aliphatic heterocycles.